The zero-order chi connectivity index (χ0) is 41.2. The monoisotopic (exact) mass is 683 g/mol. The lowest BCUT2D eigenvalue weighted by molar-refractivity contribution is 0.599. The third-order valence-corrected chi connectivity index (χ3v) is 9.64. The Kier molecular flexibility index (Phi) is 5.88. The van der Waals surface area contributed by atoms with Crippen LogP contribution in [0.15, 0.2) is 199 Å². The normalized spacial score (nSPS) is 13.2. The van der Waals surface area contributed by atoms with Crippen LogP contribution in [0.2, 0.25) is 0 Å². The van der Waals surface area contributed by atoms with Crippen molar-refractivity contribution in [2.75, 3.05) is 0 Å². The van der Waals surface area contributed by atoms with Crippen LogP contribution in [0.3, 0.4) is 0 Å². The van der Waals surface area contributed by atoms with Crippen molar-refractivity contribution in [2.24, 2.45) is 0 Å². The molecule has 0 aliphatic carbocycles. The van der Waals surface area contributed by atoms with Crippen molar-refractivity contribution in [3.05, 3.63) is 194 Å². The minimum absolute atomic E-state index is 0.0103. The molecule has 0 amide bonds. The van der Waals surface area contributed by atoms with Crippen LogP contribution in [0.4, 0.5) is 0 Å². The molecule has 0 N–H and O–H groups in total. The van der Waals surface area contributed by atoms with Gasteiger partial charge < -0.3 is 4.42 Å². The van der Waals surface area contributed by atoms with Gasteiger partial charge in [-0.05, 0) is 51.2 Å². The summed E-state index contributed by atoms with van der Waals surface area (Å²) in [6, 6.07) is 48.5. The van der Waals surface area contributed by atoms with Gasteiger partial charge in [0.1, 0.15) is 11.5 Å². The van der Waals surface area contributed by atoms with Gasteiger partial charge in [-0.3, -0.25) is 4.98 Å². The van der Waals surface area contributed by atoms with Gasteiger partial charge in [0.05, 0.1) is 26.3 Å². The van der Waals surface area contributed by atoms with Crippen LogP contribution >= 0.6 is 0 Å². The molecule has 3 nitrogen and oxygen atoms in total. The third kappa shape index (κ3) is 5.38. The highest BCUT2D eigenvalue weighted by Gasteiger charge is 2.25. The van der Waals surface area contributed by atoms with E-state index in [4.69, 9.17) is 19.0 Å². The van der Waals surface area contributed by atoms with E-state index in [-0.39, 0.29) is 51.7 Å². The Morgan fingerprint density at radius 1 is 0.434 bits per heavy atom. The van der Waals surface area contributed by atoms with Gasteiger partial charge in [-0.15, -0.1) is 0 Å². The number of aromatic nitrogens is 2. The second-order valence-electron chi connectivity index (χ2n) is 12.8. The maximum Gasteiger partial charge on any atom is 0.143 e. The molecule has 0 spiro atoms. The van der Waals surface area contributed by atoms with E-state index < -0.39 is 18.3 Å². The first-order chi connectivity index (χ1) is 29.2. The molecule has 0 aliphatic heterocycles. The van der Waals surface area contributed by atoms with Crippen LogP contribution in [-0.2, 0) is 0 Å². The van der Waals surface area contributed by atoms with Gasteiger partial charge in [-0.2, -0.15) is 0 Å². The summed E-state index contributed by atoms with van der Waals surface area (Å²) >= 11 is 0. The maximum absolute atomic E-state index is 9.14. The lowest BCUT2D eigenvalue weighted by Crippen LogP contribution is -1.91. The Balaban J connectivity index is 1.19. The van der Waals surface area contributed by atoms with E-state index >= 15 is 0 Å². The summed E-state index contributed by atoms with van der Waals surface area (Å²) in [5.41, 5.74) is 8.52. The number of fused-ring (bicyclic) bond motifs is 4. The quantitative estimate of drug-likeness (QED) is 0.164. The summed E-state index contributed by atoms with van der Waals surface area (Å²) in [5, 5.41) is 1.53. The maximum atomic E-state index is 9.14. The minimum Gasteiger partial charge on any atom is -0.455 e. The van der Waals surface area contributed by atoms with Gasteiger partial charge in [0, 0.05) is 44.8 Å². The van der Waals surface area contributed by atoms with Crippen LogP contribution in [0.1, 0.15) is 9.60 Å². The average Bonchev–Trinajstić information content (AvgIpc) is 3.70. The smallest absolute Gasteiger partial charge is 0.143 e. The van der Waals surface area contributed by atoms with E-state index in [1.54, 1.807) is 0 Å². The standard InChI is InChI=1S/C50H32N2O/c1-4-14-33(15-5-1)45-46(50(37-18-8-3-9-19-37)53-49(45)36-16-6-2-7-17-36)39-21-12-20-38(32-39)40-28-29-43(42-24-11-10-23-41(40)42)44-30-27-35-26-25-34-22-13-31-51-47(34)48(35)52-44/h1-32H/i13D,22D,25D,26D,27D,30D,31D. The number of rotatable bonds is 6. The second-order valence-corrected chi connectivity index (χ2v) is 12.8. The molecule has 10 aromatic rings. The summed E-state index contributed by atoms with van der Waals surface area (Å²) in [6.07, 6.45) is -0.466. The van der Waals surface area contributed by atoms with Crippen molar-refractivity contribution in [1.29, 1.82) is 0 Å². The first kappa shape index (κ1) is 24.2. The molecule has 53 heavy (non-hydrogen) atoms. The number of nitrogens with zero attached hydrogens (tertiary/aromatic N) is 2. The Hall–Kier alpha value is -7.10. The third-order valence-electron chi connectivity index (χ3n) is 9.64. The zero-order valence-corrected chi connectivity index (χ0v) is 28.2. The Bertz CT molecular complexity index is 3340. The van der Waals surface area contributed by atoms with Crippen molar-refractivity contribution in [1.82, 2.24) is 9.97 Å². The van der Waals surface area contributed by atoms with E-state index in [2.05, 4.69) is 59.6 Å². The van der Waals surface area contributed by atoms with E-state index in [1.165, 1.54) is 0 Å². The largest absolute Gasteiger partial charge is 0.455 e. The van der Waals surface area contributed by atoms with E-state index in [0.29, 0.717) is 5.56 Å². The van der Waals surface area contributed by atoms with Crippen molar-refractivity contribution in [3.63, 3.8) is 0 Å². The molecule has 3 heteroatoms. The van der Waals surface area contributed by atoms with Crippen molar-refractivity contribution in [2.45, 2.75) is 0 Å². The highest BCUT2D eigenvalue weighted by molar-refractivity contribution is 6.08. The molecule has 7 aromatic carbocycles. The predicted octanol–water partition coefficient (Wildman–Crippen LogP) is 13.5. The molecule has 0 fully saturated rings. The van der Waals surface area contributed by atoms with Crippen LogP contribution in [0.5, 0.6) is 0 Å². The number of furan rings is 1. The van der Waals surface area contributed by atoms with Crippen molar-refractivity contribution >= 4 is 32.6 Å². The molecular weight excluding hydrogens is 645 g/mol. The number of hydrogen-bond donors (Lipinski definition) is 0. The number of benzene rings is 7. The number of pyridine rings is 2. The van der Waals surface area contributed by atoms with Crippen molar-refractivity contribution in [3.8, 4) is 67.3 Å². The van der Waals surface area contributed by atoms with Crippen LogP contribution < -0.4 is 0 Å². The molecule has 0 radical (unpaired) electrons. The molecule has 3 aromatic heterocycles. The molecule has 0 aliphatic rings. The van der Waals surface area contributed by atoms with Crippen LogP contribution in [-0.4, -0.2) is 9.97 Å². The molecular formula is C50H32N2O. The molecule has 0 saturated carbocycles. The topological polar surface area (TPSA) is 38.9 Å². The van der Waals surface area contributed by atoms with Gasteiger partial charge in [0.25, 0.3) is 0 Å². The van der Waals surface area contributed by atoms with E-state index in [9.17, 15) is 0 Å². The predicted molar refractivity (Wildman–Crippen MR) is 219 cm³/mol. The number of hydrogen-bond acceptors (Lipinski definition) is 3. The molecule has 0 saturated heterocycles. The summed E-state index contributed by atoms with van der Waals surface area (Å²) in [4.78, 5) is 9.08. The summed E-state index contributed by atoms with van der Waals surface area (Å²) in [5.74, 6) is 1.53. The average molecular weight is 684 g/mol. The Morgan fingerprint density at radius 3 is 1.66 bits per heavy atom. The fraction of sp³-hybridized carbons (Fsp3) is 0. The lowest BCUT2D eigenvalue weighted by atomic mass is 9.89. The van der Waals surface area contributed by atoms with E-state index in [1.807, 2.05) is 97.1 Å². The summed E-state index contributed by atoms with van der Waals surface area (Å²) in [6.45, 7) is 0. The van der Waals surface area contributed by atoms with Gasteiger partial charge >= 0.3 is 0 Å². The molecule has 0 bridgehead atoms. The molecule has 3 heterocycles. The van der Waals surface area contributed by atoms with E-state index in [0.717, 1.165) is 66.8 Å². The summed E-state index contributed by atoms with van der Waals surface area (Å²) < 4.78 is 67.4. The molecule has 0 unspecified atom stereocenters. The zero-order valence-electron chi connectivity index (χ0n) is 35.2. The fourth-order valence-electron chi connectivity index (χ4n) is 7.21. The summed E-state index contributed by atoms with van der Waals surface area (Å²) in [7, 11) is 0. The van der Waals surface area contributed by atoms with Gasteiger partial charge in [0.2, 0.25) is 0 Å². The molecule has 248 valence electrons. The van der Waals surface area contributed by atoms with Gasteiger partial charge in [-0.25, -0.2) is 4.98 Å². The highest BCUT2D eigenvalue weighted by atomic mass is 16.3. The second kappa shape index (κ2) is 12.9. The molecule has 10 rings (SSSR count). The minimum atomic E-state index is -0.466. The van der Waals surface area contributed by atoms with Crippen LogP contribution in [0, 0.1) is 0 Å². The highest BCUT2D eigenvalue weighted by Crippen LogP contribution is 2.49. The van der Waals surface area contributed by atoms with Gasteiger partial charge in [0.15, 0.2) is 0 Å². The fourth-order valence-corrected chi connectivity index (χ4v) is 7.21. The first-order valence-electron chi connectivity index (χ1n) is 20.8. The first-order valence-corrected chi connectivity index (χ1v) is 17.3. The molecule has 0 atom stereocenters. The van der Waals surface area contributed by atoms with Gasteiger partial charge in [-0.1, -0.05) is 170 Å². The lowest BCUT2D eigenvalue weighted by Gasteiger charge is -2.14. The van der Waals surface area contributed by atoms with Crippen molar-refractivity contribution < 1.29 is 14.0 Å². The Labute approximate surface area is 317 Å². The SMILES string of the molecule is [2H]c1nc2c(c([2H])c1[2H])c([2H])c([2H])c1c([2H])c([2H])c(-c3ccc(-c4cccc(-c5c(-c6ccccc6)oc(-c6ccccc6)c5-c5ccccc5)c4)c4ccccc34)nc12. The van der Waals surface area contributed by atoms with Crippen LogP contribution in [0.25, 0.3) is 99.9 Å². The Morgan fingerprint density at radius 2 is 0.962 bits per heavy atom.